The van der Waals surface area contributed by atoms with Gasteiger partial charge in [0.05, 0.1) is 16.9 Å². The predicted molar refractivity (Wildman–Crippen MR) is 78.3 cm³/mol. The standard InChI is InChI=1S/C12H17N3O6S/c1-3-4-7-13-12(16)14-22(19,20)9-5-6-11(21-2)10(8-9)15(17)18/h5-6,8H,3-4,7H2,1-2H3,(H2,13,14,16). The van der Waals surface area contributed by atoms with Crippen LogP contribution >= 0.6 is 0 Å². The minimum atomic E-state index is -4.20. The number of amides is 2. The third kappa shape index (κ3) is 4.58. The minimum Gasteiger partial charge on any atom is -0.490 e. The largest absolute Gasteiger partial charge is 0.490 e. The number of nitro groups is 1. The normalized spacial score (nSPS) is 10.8. The number of nitrogens with zero attached hydrogens (tertiary/aromatic N) is 1. The molecular weight excluding hydrogens is 314 g/mol. The van der Waals surface area contributed by atoms with E-state index in [1.165, 1.54) is 7.11 Å². The van der Waals surface area contributed by atoms with Crippen LogP contribution in [0.25, 0.3) is 0 Å². The van der Waals surface area contributed by atoms with E-state index in [2.05, 4.69) is 5.32 Å². The van der Waals surface area contributed by atoms with Crippen LogP contribution in [-0.4, -0.2) is 33.0 Å². The highest BCUT2D eigenvalue weighted by Crippen LogP contribution is 2.29. The maximum Gasteiger partial charge on any atom is 0.328 e. The van der Waals surface area contributed by atoms with E-state index in [4.69, 9.17) is 4.74 Å². The number of rotatable bonds is 7. The number of urea groups is 1. The van der Waals surface area contributed by atoms with Crippen molar-refractivity contribution in [1.82, 2.24) is 10.0 Å². The fraction of sp³-hybridized carbons (Fsp3) is 0.417. The van der Waals surface area contributed by atoms with E-state index in [9.17, 15) is 23.3 Å². The molecule has 1 rings (SSSR count). The third-order valence-electron chi connectivity index (χ3n) is 2.70. The Bertz CT molecular complexity index is 659. The van der Waals surface area contributed by atoms with Gasteiger partial charge < -0.3 is 10.1 Å². The molecule has 22 heavy (non-hydrogen) atoms. The lowest BCUT2D eigenvalue weighted by atomic mass is 10.3. The number of ether oxygens (including phenoxy) is 1. The summed E-state index contributed by atoms with van der Waals surface area (Å²) >= 11 is 0. The van der Waals surface area contributed by atoms with Crippen molar-refractivity contribution in [2.45, 2.75) is 24.7 Å². The van der Waals surface area contributed by atoms with Crippen LogP contribution in [0, 0.1) is 10.1 Å². The Hall–Kier alpha value is -2.36. The van der Waals surface area contributed by atoms with Crippen LogP contribution in [0.3, 0.4) is 0 Å². The second-order valence-corrected chi connectivity index (χ2v) is 5.99. The quantitative estimate of drug-likeness (QED) is 0.441. The number of hydrogen-bond donors (Lipinski definition) is 2. The molecule has 0 aromatic heterocycles. The molecule has 2 amide bonds. The molecule has 0 aliphatic carbocycles. The monoisotopic (exact) mass is 331 g/mol. The first kappa shape index (κ1) is 17.7. The van der Waals surface area contributed by atoms with Crippen molar-refractivity contribution in [2.75, 3.05) is 13.7 Å². The zero-order valence-electron chi connectivity index (χ0n) is 12.2. The molecule has 0 aliphatic heterocycles. The van der Waals surface area contributed by atoms with Gasteiger partial charge in [-0.2, -0.15) is 0 Å². The zero-order chi connectivity index (χ0) is 16.8. The summed E-state index contributed by atoms with van der Waals surface area (Å²) in [6, 6.07) is 2.22. The number of benzene rings is 1. The Balaban J connectivity index is 2.96. The molecule has 122 valence electrons. The highest BCUT2D eigenvalue weighted by molar-refractivity contribution is 7.90. The van der Waals surface area contributed by atoms with E-state index < -0.39 is 31.6 Å². The maximum atomic E-state index is 12.0. The van der Waals surface area contributed by atoms with Gasteiger partial charge in [-0.25, -0.2) is 17.9 Å². The van der Waals surface area contributed by atoms with Crippen molar-refractivity contribution in [2.24, 2.45) is 0 Å². The molecular formula is C12H17N3O6S. The molecule has 0 unspecified atom stereocenters. The van der Waals surface area contributed by atoms with E-state index in [1.807, 2.05) is 6.92 Å². The number of carbonyl (C=O) groups excluding carboxylic acids is 1. The number of unbranched alkanes of at least 4 members (excludes halogenated alkanes) is 1. The van der Waals surface area contributed by atoms with E-state index in [0.29, 0.717) is 13.0 Å². The molecule has 0 aliphatic rings. The summed E-state index contributed by atoms with van der Waals surface area (Å²) < 4.78 is 30.6. The van der Waals surface area contributed by atoms with Crippen LogP contribution in [0.5, 0.6) is 5.75 Å². The predicted octanol–water partition coefficient (Wildman–Crippen LogP) is 1.39. The number of nitro benzene ring substituents is 1. The van der Waals surface area contributed by atoms with Crippen molar-refractivity contribution in [3.8, 4) is 5.75 Å². The molecule has 0 bridgehead atoms. The maximum absolute atomic E-state index is 12.0. The highest BCUT2D eigenvalue weighted by Gasteiger charge is 2.23. The number of sulfonamides is 1. The van der Waals surface area contributed by atoms with Crippen LogP contribution in [0.1, 0.15) is 19.8 Å². The first-order valence-electron chi connectivity index (χ1n) is 6.45. The molecule has 0 fully saturated rings. The second-order valence-electron chi connectivity index (χ2n) is 4.31. The molecule has 0 atom stereocenters. The second kappa shape index (κ2) is 7.59. The summed E-state index contributed by atoms with van der Waals surface area (Å²) in [5, 5.41) is 13.3. The Morgan fingerprint density at radius 3 is 2.64 bits per heavy atom. The molecule has 0 radical (unpaired) electrons. The van der Waals surface area contributed by atoms with E-state index in [0.717, 1.165) is 24.6 Å². The van der Waals surface area contributed by atoms with Gasteiger partial charge in [0.2, 0.25) is 0 Å². The molecule has 0 spiro atoms. The average Bonchev–Trinajstić information content (AvgIpc) is 2.46. The number of carbonyl (C=O) groups is 1. The van der Waals surface area contributed by atoms with Crippen LogP contribution in [0.2, 0.25) is 0 Å². The highest BCUT2D eigenvalue weighted by atomic mass is 32.2. The first-order valence-corrected chi connectivity index (χ1v) is 7.93. The number of methoxy groups -OCH3 is 1. The lowest BCUT2D eigenvalue weighted by Crippen LogP contribution is -2.39. The summed E-state index contributed by atoms with van der Waals surface area (Å²) in [5.74, 6) is -0.0728. The molecule has 9 nitrogen and oxygen atoms in total. The van der Waals surface area contributed by atoms with Gasteiger partial charge in [0, 0.05) is 12.6 Å². The lowest BCUT2D eigenvalue weighted by molar-refractivity contribution is -0.386. The minimum absolute atomic E-state index is 0.0728. The summed E-state index contributed by atoms with van der Waals surface area (Å²) in [6.45, 7) is 2.26. The van der Waals surface area contributed by atoms with Crippen molar-refractivity contribution in [1.29, 1.82) is 0 Å². The van der Waals surface area contributed by atoms with E-state index >= 15 is 0 Å². The van der Waals surface area contributed by atoms with Gasteiger partial charge in [0.25, 0.3) is 10.0 Å². The van der Waals surface area contributed by atoms with Crippen molar-refractivity contribution in [3.63, 3.8) is 0 Å². The van der Waals surface area contributed by atoms with Crippen LogP contribution < -0.4 is 14.8 Å². The Morgan fingerprint density at radius 2 is 2.09 bits per heavy atom. The average molecular weight is 331 g/mol. The molecule has 1 aromatic carbocycles. The molecule has 1 aromatic rings. The fourth-order valence-corrected chi connectivity index (χ4v) is 2.52. The fourth-order valence-electron chi connectivity index (χ4n) is 1.58. The summed E-state index contributed by atoms with van der Waals surface area (Å²) in [7, 11) is -2.97. The van der Waals surface area contributed by atoms with Gasteiger partial charge in [-0.15, -0.1) is 0 Å². The molecule has 10 heteroatoms. The molecule has 0 heterocycles. The van der Waals surface area contributed by atoms with Crippen molar-refractivity contribution in [3.05, 3.63) is 28.3 Å². The summed E-state index contributed by atoms with van der Waals surface area (Å²) in [5.41, 5.74) is -0.503. The van der Waals surface area contributed by atoms with Gasteiger partial charge in [0.15, 0.2) is 5.75 Å². The van der Waals surface area contributed by atoms with Gasteiger partial charge in [0.1, 0.15) is 0 Å². The number of nitrogens with one attached hydrogen (secondary N) is 2. The van der Waals surface area contributed by atoms with Gasteiger partial charge in [-0.05, 0) is 18.6 Å². The van der Waals surface area contributed by atoms with Gasteiger partial charge >= 0.3 is 11.7 Å². The van der Waals surface area contributed by atoms with Crippen LogP contribution in [0.15, 0.2) is 23.1 Å². The summed E-state index contributed by atoms with van der Waals surface area (Å²) in [6.07, 6.45) is 1.55. The van der Waals surface area contributed by atoms with Gasteiger partial charge in [-0.1, -0.05) is 13.3 Å². The lowest BCUT2D eigenvalue weighted by Gasteiger charge is -2.09. The van der Waals surface area contributed by atoms with Crippen LogP contribution in [0.4, 0.5) is 10.5 Å². The topological polar surface area (TPSA) is 128 Å². The Labute approximate surface area is 127 Å². The van der Waals surface area contributed by atoms with Crippen molar-refractivity contribution >= 4 is 21.7 Å². The van der Waals surface area contributed by atoms with Gasteiger partial charge in [-0.3, -0.25) is 10.1 Å². The zero-order valence-corrected chi connectivity index (χ0v) is 13.0. The van der Waals surface area contributed by atoms with Crippen LogP contribution in [-0.2, 0) is 10.0 Å². The van der Waals surface area contributed by atoms with Crippen molar-refractivity contribution < 1.29 is 22.9 Å². The molecule has 0 saturated carbocycles. The first-order chi connectivity index (χ1) is 10.3. The third-order valence-corrected chi connectivity index (χ3v) is 4.03. The molecule has 0 saturated heterocycles. The van der Waals surface area contributed by atoms with E-state index in [1.54, 1.807) is 4.72 Å². The Morgan fingerprint density at radius 1 is 1.41 bits per heavy atom. The van der Waals surface area contributed by atoms with E-state index in [-0.39, 0.29) is 5.75 Å². The SMILES string of the molecule is CCCCNC(=O)NS(=O)(=O)c1ccc(OC)c([N+](=O)[O-])c1. The molecule has 2 N–H and O–H groups in total. The smallest absolute Gasteiger partial charge is 0.328 e. The number of hydrogen-bond acceptors (Lipinski definition) is 6. The summed E-state index contributed by atoms with van der Waals surface area (Å²) in [4.78, 5) is 21.2. The Kier molecular flexibility index (Phi) is 6.11.